The maximum Gasteiger partial charge on any atom is 0.269 e. The van der Waals surface area contributed by atoms with Crippen LogP contribution >= 0.6 is 0 Å². The van der Waals surface area contributed by atoms with E-state index in [1.165, 1.54) is 12.1 Å². The molecule has 0 spiro atoms. The molecule has 0 aliphatic rings. The molecule has 2 aromatic carbocycles. The van der Waals surface area contributed by atoms with E-state index in [0.717, 1.165) is 5.56 Å². The molecule has 0 heterocycles. The lowest BCUT2D eigenvalue weighted by molar-refractivity contribution is -0.384. The Balaban J connectivity index is 2.01. The molecule has 0 aromatic heterocycles. The maximum absolute atomic E-state index is 12.0. The molecule has 0 unspecified atom stereocenters. The van der Waals surface area contributed by atoms with Crippen molar-refractivity contribution in [3.05, 3.63) is 63.7 Å². The number of methoxy groups -OCH3 is 2. The number of carbonyl (C=O) groups is 1. The summed E-state index contributed by atoms with van der Waals surface area (Å²) >= 11 is 0. The lowest BCUT2D eigenvalue weighted by Crippen LogP contribution is -2.21. The van der Waals surface area contributed by atoms with Gasteiger partial charge in [-0.05, 0) is 30.7 Å². The van der Waals surface area contributed by atoms with Crippen LogP contribution in [0.5, 0.6) is 11.5 Å². The Kier molecular flexibility index (Phi) is 6.26. The Hall–Kier alpha value is -3.42. The second-order valence-corrected chi connectivity index (χ2v) is 5.40. The quantitative estimate of drug-likeness (QED) is 0.466. The molecule has 26 heavy (non-hydrogen) atoms. The van der Waals surface area contributed by atoms with Gasteiger partial charge in [0.25, 0.3) is 5.69 Å². The van der Waals surface area contributed by atoms with E-state index in [0.29, 0.717) is 22.8 Å². The molecule has 2 rings (SSSR count). The number of nitro benzene ring substituents is 1. The lowest BCUT2D eigenvalue weighted by Gasteiger charge is -2.09. The van der Waals surface area contributed by atoms with E-state index in [1.807, 2.05) is 6.07 Å². The standard InChI is InChI=1S/C18H19N3O5/c1-12(14-6-9-16(25-2)17(11-14)26-3)19-20-18(22)10-13-4-7-15(8-5-13)21(23)24/h4-9,11H,10H2,1-3H3,(H,20,22)/b19-12+. The van der Waals surface area contributed by atoms with Gasteiger partial charge in [-0.25, -0.2) is 5.43 Å². The number of rotatable bonds is 7. The second-order valence-electron chi connectivity index (χ2n) is 5.40. The highest BCUT2D eigenvalue weighted by Crippen LogP contribution is 2.27. The highest BCUT2D eigenvalue weighted by atomic mass is 16.6. The van der Waals surface area contributed by atoms with Crippen LogP contribution in [0.1, 0.15) is 18.1 Å². The Labute approximate surface area is 150 Å². The van der Waals surface area contributed by atoms with Crippen molar-refractivity contribution >= 4 is 17.3 Å². The molecule has 0 saturated carbocycles. The number of nitrogens with zero attached hydrogens (tertiary/aromatic N) is 2. The van der Waals surface area contributed by atoms with Gasteiger partial charge in [-0.3, -0.25) is 14.9 Å². The third kappa shape index (κ3) is 4.79. The van der Waals surface area contributed by atoms with Crippen LogP contribution in [0, 0.1) is 10.1 Å². The van der Waals surface area contributed by atoms with Crippen LogP contribution in [-0.2, 0) is 11.2 Å². The molecule has 8 heteroatoms. The summed E-state index contributed by atoms with van der Waals surface area (Å²) in [4.78, 5) is 22.1. The Morgan fingerprint density at radius 2 is 1.77 bits per heavy atom. The van der Waals surface area contributed by atoms with Crippen LogP contribution in [0.25, 0.3) is 0 Å². The lowest BCUT2D eigenvalue weighted by atomic mass is 10.1. The number of ether oxygens (including phenoxy) is 2. The largest absolute Gasteiger partial charge is 0.493 e. The summed E-state index contributed by atoms with van der Waals surface area (Å²) in [6.07, 6.45) is 0.0701. The van der Waals surface area contributed by atoms with E-state index in [4.69, 9.17) is 9.47 Å². The number of benzene rings is 2. The van der Waals surface area contributed by atoms with Crippen LogP contribution in [0.2, 0.25) is 0 Å². The van der Waals surface area contributed by atoms with Crippen molar-refractivity contribution < 1.29 is 19.2 Å². The summed E-state index contributed by atoms with van der Waals surface area (Å²) in [5.41, 5.74) is 4.49. The first-order chi connectivity index (χ1) is 12.4. The molecule has 2 aromatic rings. The van der Waals surface area contributed by atoms with Crippen molar-refractivity contribution in [2.45, 2.75) is 13.3 Å². The third-order valence-electron chi connectivity index (χ3n) is 3.66. The van der Waals surface area contributed by atoms with Crippen LogP contribution in [0.15, 0.2) is 47.6 Å². The second kappa shape index (κ2) is 8.61. The molecular weight excluding hydrogens is 338 g/mol. The van der Waals surface area contributed by atoms with Crippen LogP contribution in [-0.4, -0.2) is 30.8 Å². The normalized spacial score (nSPS) is 11.0. The monoisotopic (exact) mass is 357 g/mol. The number of nitro groups is 1. The van der Waals surface area contributed by atoms with E-state index < -0.39 is 4.92 Å². The average Bonchev–Trinajstić information content (AvgIpc) is 2.65. The number of carbonyl (C=O) groups excluding carboxylic acids is 1. The summed E-state index contributed by atoms with van der Waals surface area (Å²) in [7, 11) is 3.09. The van der Waals surface area contributed by atoms with Gasteiger partial charge in [0.15, 0.2) is 11.5 Å². The molecule has 0 aliphatic carbocycles. The Morgan fingerprint density at radius 3 is 2.35 bits per heavy atom. The molecule has 0 atom stereocenters. The van der Waals surface area contributed by atoms with Crippen molar-refractivity contribution in [2.75, 3.05) is 14.2 Å². The van der Waals surface area contributed by atoms with Crippen molar-refractivity contribution in [1.82, 2.24) is 5.43 Å². The van der Waals surface area contributed by atoms with Crippen molar-refractivity contribution in [1.29, 1.82) is 0 Å². The van der Waals surface area contributed by atoms with Gasteiger partial charge in [-0.1, -0.05) is 12.1 Å². The van der Waals surface area contributed by atoms with E-state index in [-0.39, 0.29) is 18.0 Å². The van der Waals surface area contributed by atoms with Crippen LogP contribution in [0.4, 0.5) is 5.69 Å². The first-order valence-electron chi connectivity index (χ1n) is 7.73. The first-order valence-corrected chi connectivity index (χ1v) is 7.73. The maximum atomic E-state index is 12.0. The van der Waals surface area contributed by atoms with Crippen molar-refractivity contribution in [3.63, 3.8) is 0 Å². The molecule has 0 radical (unpaired) electrons. The molecule has 0 saturated heterocycles. The molecule has 0 fully saturated rings. The highest BCUT2D eigenvalue weighted by Gasteiger charge is 2.09. The van der Waals surface area contributed by atoms with Gasteiger partial charge in [0.1, 0.15) is 0 Å². The molecular formula is C18H19N3O5. The first kappa shape index (κ1) is 18.9. The Bertz CT molecular complexity index is 831. The minimum atomic E-state index is -0.485. The van der Waals surface area contributed by atoms with Gasteiger partial charge >= 0.3 is 0 Å². The predicted molar refractivity (Wildman–Crippen MR) is 96.7 cm³/mol. The third-order valence-corrected chi connectivity index (χ3v) is 3.66. The SMILES string of the molecule is COc1ccc(/C(C)=N/NC(=O)Cc2ccc([N+](=O)[O-])cc2)cc1OC. The smallest absolute Gasteiger partial charge is 0.269 e. The topological polar surface area (TPSA) is 103 Å². The van der Waals surface area contributed by atoms with Gasteiger partial charge in [-0.2, -0.15) is 5.10 Å². The zero-order valence-corrected chi connectivity index (χ0v) is 14.7. The number of hydrogen-bond acceptors (Lipinski definition) is 6. The van der Waals surface area contributed by atoms with Crippen LogP contribution in [0.3, 0.4) is 0 Å². The van der Waals surface area contributed by atoms with Gasteiger partial charge in [0, 0.05) is 17.7 Å². The predicted octanol–water partition coefficient (Wildman–Crippen LogP) is 2.69. The van der Waals surface area contributed by atoms with E-state index >= 15 is 0 Å². The zero-order chi connectivity index (χ0) is 19.1. The summed E-state index contributed by atoms with van der Waals surface area (Å²) in [5.74, 6) is 0.849. The number of hydrazone groups is 1. The summed E-state index contributed by atoms with van der Waals surface area (Å²) in [6, 6.07) is 11.1. The summed E-state index contributed by atoms with van der Waals surface area (Å²) < 4.78 is 10.4. The van der Waals surface area contributed by atoms with Crippen molar-refractivity contribution in [3.8, 4) is 11.5 Å². The number of non-ortho nitro benzene ring substituents is 1. The van der Waals surface area contributed by atoms with Gasteiger partial charge in [0.05, 0.1) is 31.3 Å². The van der Waals surface area contributed by atoms with E-state index in [1.54, 1.807) is 45.4 Å². The van der Waals surface area contributed by atoms with Crippen LogP contribution < -0.4 is 14.9 Å². The fraction of sp³-hybridized carbons (Fsp3) is 0.222. The minimum Gasteiger partial charge on any atom is -0.493 e. The van der Waals surface area contributed by atoms with Gasteiger partial charge < -0.3 is 9.47 Å². The molecule has 0 bridgehead atoms. The molecule has 0 aliphatic heterocycles. The highest BCUT2D eigenvalue weighted by molar-refractivity contribution is 5.99. The number of hydrogen-bond donors (Lipinski definition) is 1. The average molecular weight is 357 g/mol. The zero-order valence-electron chi connectivity index (χ0n) is 14.7. The molecule has 136 valence electrons. The van der Waals surface area contributed by atoms with E-state index in [2.05, 4.69) is 10.5 Å². The fourth-order valence-electron chi connectivity index (χ4n) is 2.23. The Morgan fingerprint density at radius 1 is 1.12 bits per heavy atom. The number of nitrogens with one attached hydrogen (secondary N) is 1. The minimum absolute atomic E-state index is 0.0172. The fourth-order valence-corrected chi connectivity index (χ4v) is 2.23. The van der Waals surface area contributed by atoms with Gasteiger partial charge in [0.2, 0.25) is 5.91 Å². The molecule has 1 N–H and O–H groups in total. The van der Waals surface area contributed by atoms with Crippen molar-refractivity contribution in [2.24, 2.45) is 5.10 Å². The van der Waals surface area contributed by atoms with Gasteiger partial charge in [-0.15, -0.1) is 0 Å². The summed E-state index contributed by atoms with van der Waals surface area (Å²) in [6.45, 7) is 1.76. The summed E-state index contributed by atoms with van der Waals surface area (Å²) in [5, 5.41) is 14.7. The molecule has 8 nitrogen and oxygen atoms in total. The molecule has 1 amide bonds. The van der Waals surface area contributed by atoms with E-state index in [9.17, 15) is 14.9 Å². The number of amides is 1.